The Kier molecular flexibility index (Phi) is 2.44. The zero-order valence-corrected chi connectivity index (χ0v) is 11.6. The Morgan fingerprint density at radius 2 is 1.76 bits per heavy atom. The Morgan fingerprint density at radius 3 is 2.62 bits per heavy atom. The number of aromatic nitrogens is 3. The lowest BCUT2D eigenvalue weighted by Crippen LogP contribution is -1.96. The molecule has 2 aromatic heterocycles. The van der Waals surface area contributed by atoms with Gasteiger partial charge in [0.2, 0.25) is 0 Å². The third-order valence-corrected chi connectivity index (χ3v) is 3.77. The van der Waals surface area contributed by atoms with Crippen molar-refractivity contribution in [3.05, 3.63) is 54.6 Å². The number of benzene rings is 2. The number of hydrogen-bond acceptors (Lipinski definition) is 3. The number of fused-ring (bicyclic) bond motifs is 2. The van der Waals surface area contributed by atoms with Crippen molar-refractivity contribution in [2.75, 3.05) is 5.73 Å². The van der Waals surface area contributed by atoms with Gasteiger partial charge in [0.15, 0.2) is 5.82 Å². The van der Waals surface area contributed by atoms with Gasteiger partial charge in [-0.25, -0.2) is 9.97 Å². The standard InChI is InChI=1S/C17H14N4/c1-21-15-8-3-2-7-13(15)20-17(21)14-10-9-11-5-4-6-12(18)16(11)19-14/h2-10H,18H2,1H3. The Balaban J connectivity index is 2.00. The Labute approximate surface area is 121 Å². The summed E-state index contributed by atoms with van der Waals surface area (Å²) in [7, 11) is 2.00. The monoisotopic (exact) mass is 274 g/mol. The third kappa shape index (κ3) is 1.76. The summed E-state index contributed by atoms with van der Waals surface area (Å²) in [5, 5.41) is 1.04. The van der Waals surface area contributed by atoms with Crippen LogP contribution in [0.5, 0.6) is 0 Å². The first kappa shape index (κ1) is 11.9. The van der Waals surface area contributed by atoms with Crippen molar-refractivity contribution >= 4 is 27.6 Å². The summed E-state index contributed by atoms with van der Waals surface area (Å²) in [4.78, 5) is 9.37. The smallest absolute Gasteiger partial charge is 0.159 e. The lowest BCUT2D eigenvalue weighted by Gasteiger charge is -2.05. The molecule has 2 aromatic carbocycles. The Hall–Kier alpha value is -2.88. The highest BCUT2D eigenvalue weighted by Crippen LogP contribution is 2.26. The summed E-state index contributed by atoms with van der Waals surface area (Å²) < 4.78 is 2.06. The number of pyridine rings is 1. The van der Waals surface area contributed by atoms with Gasteiger partial charge in [-0.1, -0.05) is 30.3 Å². The number of aryl methyl sites for hydroxylation is 1. The van der Waals surface area contributed by atoms with Gasteiger partial charge < -0.3 is 10.3 Å². The van der Waals surface area contributed by atoms with Crippen molar-refractivity contribution in [1.82, 2.24) is 14.5 Å². The van der Waals surface area contributed by atoms with Gasteiger partial charge in [-0.3, -0.25) is 0 Å². The van der Waals surface area contributed by atoms with E-state index in [1.165, 1.54) is 0 Å². The summed E-state index contributed by atoms with van der Waals surface area (Å²) >= 11 is 0. The second-order valence-corrected chi connectivity index (χ2v) is 5.10. The largest absolute Gasteiger partial charge is 0.397 e. The maximum atomic E-state index is 6.03. The molecular formula is C17H14N4. The predicted molar refractivity (Wildman–Crippen MR) is 85.9 cm³/mol. The molecule has 4 nitrogen and oxygen atoms in total. The van der Waals surface area contributed by atoms with Gasteiger partial charge in [0, 0.05) is 12.4 Å². The van der Waals surface area contributed by atoms with Crippen LogP contribution in [-0.2, 0) is 7.05 Å². The molecule has 4 aromatic rings. The minimum Gasteiger partial charge on any atom is -0.397 e. The first-order valence-electron chi connectivity index (χ1n) is 6.81. The topological polar surface area (TPSA) is 56.7 Å². The van der Waals surface area contributed by atoms with Crippen LogP contribution < -0.4 is 5.73 Å². The lowest BCUT2D eigenvalue weighted by atomic mass is 10.1. The minimum atomic E-state index is 0.688. The number of imidazole rings is 1. The number of nitrogens with two attached hydrogens (primary N) is 1. The van der Waals surface area contributed by atoms with E-state index in [-0.39, 0.29) is 0 Å². The van der Waals surface area contributed by atoms with Crippen molar-refractivity contribution in [2.24, 2.45) is 7.05 Å². The maximum absolute atomic E-state index is 6.03. The minimum absolute atomic E-state index is 0.688. The lowest BCUT2D eigenvalue weighted by molar-refractivity contribution is 0.952. The average molecular weight is 274 g/mol. The van der Waals surface area contributed by atoms with Crippen LogP contribution in [0.4, 0.5) is 5.69 Å². The van der Waals surface area contributed by atoms with Gasteiger partial charge in [-0.2, -0.15) is 0 Å². The molecule has 0 saturated carbocycles. The summed E-state index contributed by atoms with van der Waals surface area (Å²) in [6.45, 7) is 0. The molecular weight excluding hydrogens is 260 g/mol. The van der Waals surface area contributed by atoms with Crippen molar-refractivity contribution < 1.29 is 0 Å². The predicted octanol–water partition coefficient (Wildman–Crippen LogP) is 3.37. The summed E-state index contributed by atoms with van der Waals surface area (Å²) in [5.41, 5.74) is 10.4. The molecule has 0 radical (unpaired) electrons. The highest BCUT2D eigenvalue weighted by atomic mass is 15.1. The zero-order valence-electron chi connectivity index (χ0n) is 11.6. The first-order valence-corrected chi connectivity index (χ1v) is 6.81. The molecule has 2 N–H and O–H groups in total. The van der Waals surface area contributed by atoms with Crippen LogP contribution in [0.15, 0.2) is 54.6 Å². The van der Waals surface area contributed by atoms with Crippen LogP contribution >= 0.6 is 0 Å². The van der Waals surface area contributed by atoms with Crippen LogP contribution in [0.25, 0.3) is 33.5 Å². The molecule has 0 fully saturated rings. The fourth-order valence-corrected chi connectivity index (χ4v) is 2.67. The van der Waals surface area contributed by atoms with Gasteiger partial charge in [0.05, 0.1) is 22.2 Å². The van der Waals surface area contributed by atoms with Crippen molar-refractivity contribution in [3.8, 4) is 11.5 Å². The van der Waals surface area contributed by atoms with Gasteiger partial charge in [-0.05, 0) is 24.3 Å². The molecule has 0 aliphatic rings. The number of hydrogen-bond donors (Lipinski definition) is 1. The molecule has 102 valence electrons. The molecule has 0 amide bonds. The molecule has 0 saturated heterocycles. The van der Waals surface area contributed by atoms with Crippen molar-refractivity contribution in [3.63, 3.8) is 0 Å². The van der Waals surface area contributed by atoms with Crippen LogP contribution in [0.1, 0.15) is 0 Å². The zero-order chi connectivity index (χ0) is 14.4. The van der Waals surface area contributed by atoms with Crippen molar-refractivity contribution in [2.45, 2.75) is 0 Å². The van der Waals surface area contributed by atoms with Gasteiger partial charge in [0.1, 0.15) is 5.69 Å². The van der Waals surface area contributed by atoms with Gasteiger partial charge in [0.25, 0.3) is 0 Å². The number of nitrogen functional groups attached to an aromatic ring is 1. The fraction of sp³-hybridized carbons (Fsp3) is 0.0588. The van der Waals surface area contributed by atoms with E-state index >= 15 is 0 Å². The molecule has 0 atom stereocenters. The molecule has 2 heterocycles. The normalized spacial score (nSPS) is 11.3. The molecule has 0 aliphatic heterocycles. The Bertz CT molecular complexity index is 969. The number of para-hydroxylation sites is 3. The van der Waals surface area contributed by atoms with E-state index in [0.29, 0.717) is 5.69 Å². The number of nitrogens with zero attached hydrogens (tertiary/aromatic N) is 3. The van der Waals surface area contributed by atoms with Gasteiger partial charge >= 0.3 is 0 Å². The summed E-state index contributed by atoms with van der Waals surface area (Å²) in [5.74, 6) is 0.848. The molecule has 0 unspecified atom stereocenters. The van der Waals surface area contributed by atoms with Crippen LogP contribution in [0.2, 0.25) is 0 Å². The molecule has 4 heteroatoms. The summed E-state index contributed by atoms with van der Waals surface area (Å²) in [6, 6.07) is 17.9. The van der Waals surface area contributed by atoms with E-state index in [1.807, 2.05) is 55.6 Å². The van der Waals surface area contributed by atoms with E-state index in [0.717, 1.165) is 33.5 Å². The van der Waals surface area contributed by atoms with E-state index in [9.17, 15) is 0 Å². The van der Waals surface area contributed by atoms with E-state index in [4.69, 9.17) is 10.7 Å². The number of rotatable bonds is 1. The Morgan fingerprint density at radius 1 is 0.905 bits per heavy atom. The second kappa shape index (κ2) is 4.31. The molecule has 4 rings (SSSR count). The first-order chi connectivity index (χ1) is 10.2. The van der Waals surface area contributed by atoms with Crippen molar-refractivity contribution in [1.29, 1.82) is 0 Å². The highest BCUT2D eigenvalue weighted by molar-refractivity contribution is 5.91. The third-order valence-electron chi connectivity index (χ3n) is 3.77. The maximum Gasteiger partial charge on any atom is 0.159 e. The molecule has 0 aliphatic carbocycles. The number of anilines is 1. The second-order valence-electron chi connectivity index (χ2n) is 5.10. The fourth-order valence-electron chi connectivity index (χ4n) is 2.67. The van der Waals surface area contributed by atoms with E-state index < -0.39 is 0 Å². The highest BCUT2D eigenvalue weighted by Gasteiger charge is 2.11. The van der Waals surface area contributed by atoms with Crippen LogP contribution in [-0.4, -0.2) is 14.5 Å². The van der Waals surface area contributed by atoms with Crippen LogP contribution in [0, 0.1) is 0 Å². The quantitative estimate of drug-likeness (QED) is 0.541. The summed E-state index contributed by atoms with van der Waals surface area (Å²) in [6.07, 6.45) is 0. The molecule has 21 heavy (non-hydrogen) atoms. The van der Waals surface area contributed by atoms with E-state index in [2.05, 4.69) is 15.6 Å². The molecule has 0 spiro atoms. The average Bonchev–Trinajstić information content (AvgIpc) is 2.85. The van der Waals surface area contributed by atoms with Gasteiger partial charge in [-0.15, -0.1) is 0 Å². The van der Waals surface area contributed by atoms with E-state index in [1.54, 1.807) is 0 Å². The van der Waals surface area contributed by atoms with Crippen LogP contribution in [0.3, 0.4) is 0 Å². The molecule has 0 bridgehead atoms. The SMILES string of the molecule is Cn1c(-c2ccc3cccc(N)c3n2)nc2ccccc21.